The van der Waals surface area contributed by atoms with Crippen molar-refractivity contribution in [3.8, 4) is 0 Å². The molecule has 0 saturated carbocycles. The number of aliphatic carboxylic acids is 2. The van der Waals surface area contributed by atoms with Gasteiger partial charge in [-0.15, -0.1) is 0 Å². The molecule has 24 heavy (non-hydrogen) atoms. The molecule has 0 bridgehead atoms. The molecule has 0 aromatic rings. The predicted molar refractivity (Wildman–Crippen MR) is 100 cm³/mol. The monoisotopic (exact) mass is 344 g/mol. The van der Waals surface area contributed by atoms with E-state index in [0.29, 0.717) is 0 Å². The third-order valence-electron chi connectivity index (χ3n) is 4.32. The van der Waals surface area contributed by atoms with E-state index in [1.807, 2.05) is 0 Å². The van der Waals surface area contributed by atoms with Crippen LogP contribution in [0.2, 0.25) is 0 Å². The van der Waals surface area contributed by atoms with Gasteiger partial charge in [-0.2, -0.15) is 0 Å². The van der Waals surface area contributed by atoms with Gasteiger partial charge in [0, 0.05) is 0 Å². The van der Waals surface area contributed by atoms with Crippen molar-refractivity contribution in [2.45, 2.75) is 105 Å². The van der Waals surface area contributed by atoms with Crippen LogP contribution in [0.3, 0.4) is 0 Å². The predicted octanol–water partition coefficient (Wildman–Crippen LogP) is 6.14. The molecule has 0 aliphatic carbocycles. The van der Waals surface area contributed by atoms with Gasteiger partial charge in [-0.05, 0) is 12.8 Å². The lowest BCUT2D eigenvalue weighted by Crippen LogP contribution is -2.08. The minimum atomic E-state index is -0.665. The fourth-order valence-corrected chi connectivity index (χ4v) is 2.36. The van der Waals surface area contributed by atoms with E-state index in [0.717, 1.165) is 25.7 Å². The van der Waals surface area contributed by atoms with Crippen molar-refractivity contribution in [2.75, 3.05) is 0 Å². The number of hydrogen-bond acceptors (Lipinski definition) is 2. The molecule has 144 valence electrons. The molecule has 0 aromatic heterocycles. The summed E-state index contributed by atoms with van der Waals surface area (Å²) >= 11 is 0. The summed E-state index contributed by atoms with van der Waals surface area (Å²) < 4.78 is 0. The molecule has 0 saturated heterocycles. The van der Waals surface area contributed by atoms with Crippen LogP contribution in [-0.4, -0.2) is 22.2 Å². The highest BCUT2D eigenvalue weighted by molar-refractivity contribution is 5.69. The van der Waals surface area contributed by atoms with Crippen LogP contribution in [0, 0.1) is 11.8 Å². The van der Waals surface area contributed by atoms with E-state index in [9.17, 15) is 9.59 Å². The van der Waals surface area contributed by atoms with Crippen molar-refractivity contribution in [2.24, 2.45) is 11.8 Å². The van der Waals surface area contributed by atoms with Crippen LogP contribution < -0.4 is 0 Å². The summed E-state index contributed by atoms with van der Waals surface area (Å²) in [6.07, 6.45) is 13.7. The molecular weight excluding hydrogens is 304 g/mol. The molecule has 0 spiro atoms. The topological polar surface area (TPSA) is 74.6 Å². The Labute approximate surface area is 149 Å². The molecule has 0 radical (unpaired) electrons. The van der Waals surface area contributed by atoms with Gasteiger partial charge in [-0.25, -0.2) is 0 Å². The normalized spacial score (nSPS) is 12.8. The zero-order valence-electron chi connectivity index (χ0n) is 16.4. The Hall–Kier alpha value is -1.06. The fourth-order valence-electron chi connectivity index (χ4n) is 2.36. The van der Waals surface area contributed by atoms with Crippen molar-refractivity contribution < 1.29 is 19.8 Å². The lowest BCUT2D eigenvalue weighted by atomic mass is 10.0. The summed E-state index contributed by atoms with van der Waals surface area (Å²) in [6.45, 7) is 7.91. The smallest absolute Gasteiger partial charge is 0.306 e. The number of carboxylic acid groups (broad SMARTS) is 2. The summed E-state index contributed by atoms with van der Waals surface area (Å²) in [5.74, 6) is -1.65. The SMILES string of the molecule is CCCCCCC(C)C(=O)O.CCCCCCCCC(C)C(=O)O. The molecule has 0 amide bonds. The van der Waals surface area contributed by atoms with Gasteiger partial charge in [0.1, 0.15) is 0 Å². The highest BCUT2D eigenvalue weighted by Gasteiger charge is 2.09. The Kier molecular flexibility index (Phi) is 19.2. The van der Waals surface area contributed by atoms with Gasteiger partial charge in [0.15, 0.2) is 0 Å². The molecule has 2 N–H and O–H groups in total. The molecular formula is C20H40O4. The number of unbranched alkanes of at least 4 members (excludes halogenated alkanes) is 8. The fraction of sp³-hybridized carbons (Fsp3) is 0.900. The van der Waals surface area contributed by atoms with Crippen molar-refractivity contribution in [1.29, 1.82) is 0 Å². The van der Waals surface area contributed by atoms with Crippen LogP contribution in [0.1, 0.15) is 105 Å². The Balaban J connectivity index is 0. The first-order valence-electron chi connectivity index (χ1n) is 9.82. The molecule has 0 heterocycles. The Morgan fingerprint density at radius 1 is 0.625 bits per heavy atom. The Bertz CT molecular complexity index is 302. The number of carbonyl (C=O) groups is 2. The average Bonchev–Trinajstić information content (AvgIpc) is 2.54. The largest absolute Gasteiger partial charge is 0.481 e. The van der Waals surface area contributed by atoms with Gasteiger partial charge in [0.05, 0.1) is 11.8 Å². The standard InChI is InChI=1S/C11H22O2.C9H18O2/c1-3-4-5-6-7-8-9-10(2)11(12)13;1-3-4-5-6-7-8(2)9(10)11/h10H,3-9H2,1-2H3,(H,12,13);8H,3-7H2,1-2H3,(H,10,11). The van der Waals surface area contributed by atoms with E-state index in [1.54, 1.807) is 13.8 Å². The van der Waals surface area contributed by atoms with Gasteiger partial charge < -0.3 is 10.2 Å². The van der Waals surface area contributed by atoms with Crippen molar-refractivity contribution >= 4 is 11.9 Å². The summed E-state index contributed by atoms with van der Waals surface area (Å²) in [5.41, 5.74) is 0. The second-order valence-electron chi connectivity index (χ2n) is 6.88. The lowest BCUT2D eigenvalue weighted by Gasteiger charge is -2.04. The quantitative estimate of drug-likeness (QED) is 0.371. The third-order valence-corrected chi connectivity index (χ3v) is 4.32. The molecule has 0 aliphatic rings. The molecule has 2 atom stereocenters. The maximum absolute atomic E-state index is 10.5. The van der Waals surface area contributed by atoms with Crippen molar-refractivity contribution in [3.63, 3.8) is 0 Å². The highest BCUT2D eigenvalue weighted by Crippen LogP contribution is 2.12. The molecule has 2 unspecified atom stereocenters. The first kappa shape index (κ1) is 25.2. The van der Waals surface area contributed by atoms with Gasteiger partial charge in [0.25, 0.3) is 0 Å². The number of rotatable bonds is 14. The summed E-state index contributed by atoms with van der Waals surface area (Å²) in [6, 6.07) is 0. The van der Waals surface area contributed by atoms with E-state index < -0.39 is 11.9 Å². The van der Waals surface area contributed by atoms with Crippen molar-refractivity contribution in [3.05, 3.63) is 0 Å². The maximum atomic E-state index is 10.5. The van der Waals surface area contributed by atoms with Gasteiger partial charge in [-0.1, -0.05) is 91.9 Å². The zero-order chi connectivity index (χ0) is 18.8. The minimum Gasteiger partial charge on any atom is -0.481 e. The molecule has 0 aliphatic heterocycles. The van der Waals surface area contributed by atoms with Gasteiger partial charge in [-0.3, -0.25) is 9.59 Å². The van der Waals surface area contributed by atoms with E-state index in [1.165, 1.54) is 51.4 Å². The molecule has 4 nitrogen and oxygen atoms in total. The molecule has 0 aromatic carbocycles. The first-order valence-corrected chi connectivity index (χ1v) is 9.82. The van der Waals surface area contributed by atoms with Crippen LogP contribution in [0.5, 0.6) is 0 Å². The number of hydrogen-bond donors (Lipinski definition) is 2. The highest BCUT2D eigenvalue weighted by atomic mass is 16.4. The van der Waals surface area contributed by atoms with E-state index in [-0.39, 0.29) is 11.8 Å². The molecule has 4 heteroatoms. The minimum absolute atomic E-state index is 0.160. The lowest BCUT2D eigenvalue weighted by molar-refractivity contribution is -0.142. The number of carboxylic acids is 2. The summed E-state index contributed by atoms with van der Waals surface area (Å²) in [5, 5.41) is 17.2. The van der Waals surface area contributed by atoms with E-state index >= 15 is 0 Å². The van der Waals surface area contributed by atoms with Crippen molar-refractivity contribution in [1.82, 2.24) is 0 Å². The third kappa shape index (κ3) is 19.0. The second kappa shape index (κ2) is 18.3. The Morgan fingerprint density at radius 2 is 0.917 bits per heavy atom. The van der Waals surface area contributed by atoms with Crippen LogP contribution >= 0.6 is 0 Å². The molecule has 0 rings (SSSR count). The maximum Gasteiger partial charge on any atom is 0.306 e. The van der Waals surface area contributed by atoms with E-state index in [2.05, 4.69) is 13.8 Å². The average molecular weight is 345 g/mol. The zero-order valence-corrected chi connectivity index (χ0v) is 16.4. The van der Waals surface area contributed by atoms with Crippen LogP contribution in [0.15, 0.2) is 0 Å². The Morgan fingerprint density at radius 3 is 1.25 bits per heavy atom. The van der Waals surface area contributed by atoms with Gasteiger partial charge >= 0.3 is 11.9 Å². The van der Waals surface area contributed by atoms with Crippen LogP contribution in [0.4, 0.5) is 0 Å². The van der Waals surface area contributed by atoms with E-state index in [4.69, 9.17) is 10.2 Å². The molecule has 0 fully saturated rings. The first-order chi connectivity index (χ1) is 11.4. The van der Waals surface area contributed by atoms with Gasteiger partial charge in [0.2, 0.25) is 0 Å². The second-order valence-corrected chi connectivity index (χ2v) is 6.88. The summed E-state index contributed by atoms with van der Waals surface area (Å²) in [7, 11) is 0. The summed E-state index contributed by atoms with van der Waals surface area (Å²) in [4.78, 5) is 20.8. The van der Waals surface area contributed by atoms with Crippen LogP contribution in [0.25, 0.3) is 0 Å². The van der Waals surface area contributed by atoms with Crippen LogP contribution in [-0.2, 0) is 9.59 Å².